The molecule has 3 nitrogen and oxygen atoms in total. The maximum absolute atomic E-state index is 12.4. The molecule has 2 saturated carbocycles. The summed E-state index contributed by atoms with van der Waals surface area (Å²) in [4.78, 5) is 12.4. The minimum absolute atomic E-state index is 0.0283. The van der Waals surface area contributed by atoms with Crippen molar-refractivity contribution in [1.29, 1.82) is 0 Å². The second-order valence-corrected chi connectivity index (χ2v) is 11.2. The van der Waals surface area contributed by atoms with E-state index >= 15 is 0 Å². The molecule has 1 aromatic rings. The predicted octanol–water partition coefficient (Wildman–Crippen LogP) is 7.26. The summed E-state index contributed by atoms with van der Waals surface area (Å²) in [6.07, 6.45) is 16.3. The van der Waals surface area contributed by atoms with E-state index in [1.807, 2.05) is 13.8 Å². The molecule has 1 N–H and O–H groups in total. The van der Waals surface area contributed by atoms with Crippen LogP contribution >= 0.6 is 0 Å². The van der Waals surface area contributed by atoms with Gasteiger partial charge in [-0.1, -0.05) is 69.4 Å². The molecule has 178 valence electrons. The number of benzene rings is 1. The van der Waals surface area contributed by atoms with Crippen molar-refractivity contribution < 1.29 is 14.6 Å². The van der Waals surface area contributed by atoms with E-state index in [4.69, 9.17) is 4.74 Å². The molecule has 6 atom stereocenters. The second kappa shape index (κ2) is 9.41. The van der Waals surface area contributed by atoms with Crippen LogP contribution in [0.4, 0.5) is 0 Å². The molecule has 3 heteroatoms. The molecular formula is C30H40O3. The van der Waals surface area contributed by atoms with Crippen LogP contribution in [0.5, 0.6) is 0 Å². The van der Waals surface area contributed by atoms with Crippen LogP contribution in [0.3, 0.4) is 0 Å². The first-order valence-electron chi connectivity index (χ1n) is 13.4. The summed E-state index contributed by atoms with van der Waals surface area (Å²) >= 11 is 0. The quantitative estimate of drug-likeness (QED) is 0.516. The van der Waals surface area contributed by atoms with Gasteiger partial charge in [0.2, 0.25) is 0 Å². The highest BCUT2D eigenvalue weighted by Gasteiger charge is 2.56. The van der Waals surface area contributed by atoms with Crippen molar-refractivity contribution in [3.05, 3.63) is 52.6 Å². The maximum atomic E-state index is 12.4. The average molecular weight is 449 g/mol. The molecule has 4 aliphatic carbocycles. The first-order valence-corrected chi connectivity index (χ1v) is 13.4. The number of hydrogen-bond acceptors (Lipinski definition) is 2. The second-order valence-electron chi connectivity index (χ2n) is 11.2. The Balaban J connectivity index is 1.60. The van der Waals surface area contributed by atoms with Crippen molar-refractivity contribution in [3.8, 4) is 0 Å². The number of aliphatic carboxylic acids is 1. The van der Waals surface area contributed by atoms with Crippen molar-refractivity contribution in [2.45, 2.75) is 103 Å². The predicted molar refractivity (Wildman–Crippen MR) is 133 cm³/mol. The molecule has 0 amide bonds. The molecule has 0 heterocycles. The van der Waals surface area contributed by atoms with Crippen LogP contribution in [-0.4, -0.2) is 23.3 Å². The fourth-order valence-electron chi connectivity index (χ4n) is 7.26. The Morgan fingerprint density at radius 1 is 1.03 bits per heavy atom. The van der Waals surface area contributed by atoms with Crippen molar-refractivity contribution in [3.63, 3.8) is 0 Å². The number of fused-ring (bicyclic) bond motifs is 3. The van der Waals surface area contributed by atoms with Gasteiger partial charge in [-0.2, -0.15) is 0 Å². The van der Waals surface area contributed by atoms with Gasteiger partial charge in [0.1, 0.15) is 0 Å². The first kappa shape index (κ1) is 22.9. The third-order valence-corrected chi connectivity index (χ3v) is 8.76. The van der Waals surface area contributed by atoms with Crippen molar-refractivity contribution in [2.75, 3.05) is 0 Å². The van der Waals surface area contributed by atoms with E-state index in [2.05, 4.69) is 37.3 Å². The zero-order chi connectivity index (χ0) is 23.1. The molecular weight excluding hydrogens is 408 g/mol. The van der Waals surface area contributed by atoms with E-state index in [0.29, 0.717) is 11.8 Å². The zero-order valence-corrected chi connectivity index (χ0v) is 20.6. The van der Waals surface area contributed by atoms with Gasteiger partial charge in [-0.15, -0.1) is 0 Å². The molecule has 0 bridgehead atoms. The molecule has 0 aliphatic heterocycles. The smallest absolute Gasteiger partial charge is 0.333 e. The number of hydrogen-bond donors (Lipinski definition) is 1. The Kier molecular flexibility index (Phi) is 6.53. The van der Waals surface area contributed by atoms with Gasteiger partial charge in [-0.25, -0.2) is 4.79 Å². The number of allylic oxidation sites excluding steroid dienone is 4. The monoisotopic (exact) mass is 448 g/mol. The van der Waals surface area contributed by atoms with Crippen LogP contribution in [0.2, 0.25) is 0 Å². The molecule has 33 heavy (non-hydrogen) atoms. The van der Waals surface area contributed by atoms with Crippen LogP contribution in [0.15, 0.2) is 30.4 Å². The summed E-state index contributed by atoms with van der Waals surface area (Å²) < 4.78 is 6.10. The lowest BCUT2D eigenvalue weighted by Gasteiger charge is -2.35. The molecule has 4 aliphatic rings. The highest BCUT2D eigenvalue weighted by Crippen LogP contribution is 2.67. The highest BCUT2D eigenvalue weighted by atomic mass is 16.5. The Hall–Kier alpha value is -1.87. The molecule has 2 fully saturated rings. The fourth-order valence-corrected chi connectivity index (χ4v) is 7.26. The summed E-state index contributed by atoms with van der Waals surface area (Å²) in [5.41, 5.74) is 7.57. The van der Waals surface area contributed by atoms with E-state index in [9.17, 15) is 9.90 Å². The SMILES string of the molecule is CC(C)OC(C(=O)O)C1CCCCCCCC1c1ccc2c3c1CCC=CC=C3C1C(C)C21. The van der Waals surface area contributed by atoms with Gasteiger partial charge in [0.15, 0.2) is 6.10 Å². The molecule has 0 radical (unpaired) electrons. The number of carbonyl (C=O) groups is 1. The van der Waals surface area contributed by atoms with Gasteiger partial charge < -0.3 is 9.84 Å². The Morgan fingerprint density at radius 2 is 1.76 bits per heavy atom. The van der Waals surface area contributed by atoms with Crippen molar-refractivity contribution >= 4 is 11.5 Å². The lowest BCUT2D eigenvalue weighted by Crippen LogP contribution is -2.38. The first-order chi connectivity index (χ1) is 16.0. The lowest BCUT2D eigenvalue weighted by molar-refractivity contribution is -0.159. The van der Waals surface area contributed by atoms with Gasteiger partial charge in [-0.3, -0.25) is 0 Å². The molecule has 0 saturated heterocycles. The molecule has 1 aromatic carbocycles. The number of ether oxygens (including phenoxy) is 1. The number of carboxylic acids is 1. The standard InChI is InChI=1S/C30H40O3/c1-18(2)33-29(30(31)32)23-14-9-6-4-5-8-12-20(23)21-16-17-25-27-19(3)26(27)24-15-11-7-10-13-22(21)28(24)25/h7,11,15-20,23,26-27,29H,4-6,8-10,12-14H2,1-3H3,(H,31,32). The van der Waals surface area contributed by atoms with Crippen molar-refractivity contribution in [2.24, 2.45) is 17.8 Å². The van der Waals surface area contributed by atoms with Crippen LogP contribution in [0.1, 0.15) is 106 Å². The highest BCUT2D eigenvalue weighted by molar-refractivity contribution is 5.84. The van der Waals surface area contributed by atoms with Crippen LogP contribution < -0.4 is 0 Å². The third-order valence-electron chi connectivity index (χ3n) is 8.76. The van der Waals surface area contributed by atoms with Gasteiger partial charge in [0.25, 0.3) is 0 Å². The van der Waals surface area contributed by atoms with Crippen LogP contribution in [0, 0.1) is 17.8 Å². The minimum Gasteiger partial charge on any atom is -0.479 e. The molecule has 0 aromatic heterocycles. The summed E-state index contributed by atoms with van der Waals surface area (Å²) in [6, 6.07) is 4.80. The fraction of sp³-hybridized carbons (Fsp3) is 0.633. The largest absolute Gasteiger partial charge is 0.479 e. The van der Waals surface area contributed by atoms with Gasteiger partial charge in [0, 0.05) is 5.92 Å². The Morgan fingerprint density at radius 3 is 2.52 bits per heavy atom. The summed E-state index contributed by atoms with van der Waals surface area (Å²) in [6.45, 7) is 6.32. The summed E-state index contributed by atoms with van der Waals surface area (Å²) in [7, 11) is 0. The van der Waals surface area contributed by atoms with E-state index in [-0.39, 0.29) is 17.9 Å². The molecule has 6 unspecified atom stereocenters. The average Bonchev–Trinajstić information content (AvgIpc) is 3.25. The minimum atomic E-state index is -0.791. The van der Waals surface area contributed by atoms with Crippen molar-refractivity contribution in [1.82, 2.24) is 0 Å². The molecule has 5 rings (SSSR count). The van der Waals surface area contributed by atoms with E-state index in [1.54, 1.807) is 11.1 Å². The Labute approximate surface area is 199 Å². The van der Waals surface area contributed by atoms with Crippen LogP contribution in [0.25, 0.3) is 5.57 Å². The van der Waals surface area contributed by atoms with E-state index in [0.717, 1.165) is 38.0 Å². The molecule has 0 spiro atoms. The topological polar surface area (TPSA) is 46.5 Å². The maximum Gasteiger partial charge on any atom is 0.333 e. The lowest BCUT2D eigenvalue weighted by atomic mass is 9.73. The van der Waals surface area contributed by atoms with Gasteiger partial charge in [-0.05, 0) is 91.0 Å². The number of rotatable bonds is 5. The zero-order valence-electron chi connectivity index (χ0n) is 20.6. The number of carboxylic acid groups (broad SMARTS) is 1. The van der Waals surface area contributed by atoms with Gasteiger partial charge >= 0.3 is 5.97 Å². The summed E-state index contributed by atoms with van der Waals surface area (Å²) in [5.74, 6) is 1.62. The third kappa shape index (κ3) is 4.22. The van der Waals surface area contributed by atoms with E-state index in [1.165, 1.54) is 42.4 Å². The van der Waals surface area contributed by atoms with Gasteiger partial charge in [0.05, 0.1) is 6.10 Å². The Bertz CT molecular complexity index is 956. The summed E-state index contributed by atoms with van der Waals surface area (Å²) in [5, 5.41) is 10.2. The normalized spacial score (nSPS) is 31.9. The van der Waals surface area contributed by atoms with E-state index < -0.39 is 12.1 Å². The van der Waals surface area contributed by atoms with Crippen LogP contribution in [-0.2, 0) is 16.0 Å².